The molecule has 6 nitrogen and oxygen atoms in total. The summed E-state index contributed by atoms with van der Waals surface area (Å²) in [6.45, 7) is 2.90. The molecule has 0 aromatic heterocycles. The van der Waals surface area contributed by atoms with Crippen LogP contribution < -0.4 is 14.8 Å². The number of non-ortho nitro benzene ring substituents is 1. The lowest BCUT2D eigenvalue weighted by Gasteiger charge is -2.37. The van der Waals surface area contributed by atoms with Crippen molar-refractivity contribution in [2.45, 2.75) is 31.9 Å². The minimum absolute atomic E-state index is 0.0541. The minimum Gasteiger partial charge on any atom is -0.490 e. The van der Waals surface area contributed by atoms with Gasteiger partial charge < -0.3 is 14.8 Å². The van der Waals surface area contributed by atoms with Crippen LogP contribution in [0.4, 0.5) is 11.4 Å². The standard InChI is InChI=1S/C27H25ClN2O4/c1-2-33-26-14-18(8-13-25(26)34-16-17-6-9-19(28)10-7-17)27-22-5-3-4-21(22)23-15-20(30(31)32)11-12-24(23)29-27/h3-4,6-15,21-22,27,29H,2,5,16H2,1H3/t21-,22+,27+/m1/s1. The zero-order valence-electron chi connectivity index (χ0n) is 18.7. The first-order chi connectivity index (χ1) is 16.5. The Balaban J connectivity index is 1.42. The van der Waals surface area contributed by atoms with Crippen LogP contribution in [0.5, 0.6) is 11.5 Å². The van der Waals surface area contributed by atoms with Crippen LogP contribution in [0.15, 0.2) is 72.8 Å². The number of nitro benzene ring substituents is 1. The molecule has 1 N–H and O–H groups in total. The van der Waals surface area contributed by atoms with Crippen molar-refractivity contribution in [3.05, 3.63) is 105 Å². The summed E-state index contributed by atoms with van der Waals surface area (Å²) in [4.78, 5) is 11.0. The van der Waals surface area contributed by atoms with Gasteiger partial charge in [-0.3, -0.25) is 10.1 Å². The molecule has 0 unspecified atom stereocenters. The van der Waals surface area contributed by atoms with Gasteiger partial charge in [0.15, 0.2) is 11.5 Å². The Morgan fingerprint density at radius 2 is 1.88 bits per heavy atom. The third-order valence-electron chi connectivity index (χ3n) is 6.49. The van der Waals surface area contributed by atoms with E-state index in [0.717, 1.165) is 28.8 Å². The maximum absolute atomic E-state index is 11.3. The Bertz CT molecular complexity index is 1240. The molecule has 0 spiro atoms. The van der Waals surface area contributed by atoms with Crippen molar-refractivity contribution < 1.29 is 14.4 Å². The van der Waals surface area contributed by atoms with E-state index < -0.39 is 0 Å². The zero-order valence-corrected chi connectivity index (χ0v) is 19.5. The summed E-state index contributed by atoms with van der Waals surface area (Å²) in [5.74, 6) is 1.79. The minimum atomic E-state index is -0.336. The van der Waals surface area contributed by atoms with Gasteiger partial charge in [-0.1, -0.05) is 42.0 Å². The van der Waals surface area contributed by atoms with Crippen molar-refractivity contribution in [3.63, 3.8) is 0 Å². The maximum atomic E-state index is 11.3. The van der Waals surface area contributed by atoms with Gasteiger partial charge in [0, 0.05) is 28.8 Å². The van der Waals surface area contributed by atoms with E-state index in [-0.39, 0.29) is 28.5 Å². The number of benzene rings is 3. The molecule has 174 valence electrons. The van der Waals surface area contributed by atoms with Gasteiger partial charge in [-0.15, -0.1) is 0 Å². The Labute approximate surface area is 203 Å². The summed E-state index contributed by atoms with van der Waals surface area (Å²) in [6, 6.07) is 18.8. The van der Waals surface area contributed by atoms with Crippen LogP contribution in [-0.2, 0) is 6.61 Å². The number of nitrogens with one attached hydrogen (secondary N) is 1. The number of halogens is 1. The first-order valence-corrected chi connectivity index (χ1v) is 11.8. The predicted molar refractivity (Wildman–Crippen MR) is 133 cm³/mol. The van der Waals surface area contributed by atoms with E-state index in [2.05, 4.69) is 23.5 Å². The van der Waals surface area contributed by atoms with E-state index in [4.69, 9.17) is 21.1 Å². The van der Waals surface area contributed by atoms with Crippen LogP contribution >= 0.6 is 11.6 Å². The molecule has 1 aliphatic heterocycles. The first-order valence-electron chi connectivity index (χ1n) is 11.4. The molecule has 5 rings (SSSR count). The summed E-state index contributed by atoms with van der Waals surface area (Å²) >= 11 is 5.98. The van der Waals surface area contributed by atoms with Crippen molar-refractivity contribution in [1.82, 2.24) is 0 Å². The fourth-order valence-electron chi connectivity index (χ4n) is 4.87. The quantitative estimate of drug-likeness (QED) is 0.224. The lowest BCUT2D eigenvalue weighted by atomic mass is 9.77. The van der Waals surface area contributed by atoms with Crippen molar-refractivity contribution in [1.29, 1.82) is 0 Å². The zero-order chi connectivity index (χ0) is 23.7. The number of hydrogen-bond donors (Lipinski definition) is 1. The molecule has 0 saturated heterocycles. The van der Waals surface area contributed by atoms with E-state index >= 15 is 0 Å². The van der Waals surface area contributed by atoms with Crippen molar-refractivity contribution in [2.24, 2.45) is 5.92 Å². The molecule has 0 radical (unpaired) electrons. The molecule has 0 amide bonds. The predicted octanol–water partition coefficient (Wildman–Crippen LogP) is 7.05. The second kappa shape index (κ2) is 9.39. The highest BCUT2D eigenvalue weighted by atomic mass is 35.5. The molecule has 0 bridgehead atoms. The fourth-order valence-corrected chi connectivity index (χ4v) is 5.00. The van der Waals surface area contributed by atoms with E-state index in [9.17, 15) is 10.1 Å². The number of nitrogens with zero attached hydrogens (tertiary/aromatic N) is 1. The number of hydrogen-bond acceptors (Lipinski definition) is 5. The highest BCUT2D eigenvalue weighted by Crippen LogP contribution is 2.51. The number of nitro groups is 1. The first kappa shape index (κ1) is 22.3. The number of fused-ring (bicyclic) bond motifs is 3. The number of anilines is 1. The van der Waals surface area contributed by atoms with E-state index in [0.29, 0.717) is 29.7 Å². The van der Waals surface area contributed by atoms with E-state index in [1.165, 1.54) is 0 Å². The second-order valence-electron chi connectivity index (χ2n) is 8.56. The largest absolute Gasteiger partial charge is 0.490 e. The van der Waals surface area contributed by atoms with Gasteiger partial charge in [0.2, 0.25) is 0 Å². The molecule has 3 aromatic carbocycles. The average Bonchev–Trinajstić information content (AvgIpc) is 3.34. The van der Waals surface area contributed by atoms with Gasteiger partial charge in [-0.25, -0.2) is 0 Å². The maximum Gasteiger partial charge on any atom is 0.269 e. The monoisotopic (exact) mass is 476 g/mol. The molecule has 34 heavy (non-hydrogen) atoms. The lowest BCUT2D eigenvalue weighted by Crippen LogP contribution is -2.29. The van der Waals surface area contributed by atoms with Crippen molar-refractivity contribution in [2.75, 3.05) is 11.9 Å². The van der Waals surface area contributed by atoms with Crippen LogP contribution in [-0.4, -0.2) is 11.5 Å². The highest BCUT2D eigenvalue weighted by molar-refractivity contribution is 6.30. The van der Waals surface area contributed by atoms with Gasteiger partial charge in [0.25, 0.3) is 5.69 Å². The number of ether oxygens (including phenoxy) is 2. The number of allylic oxidation sites excluding steroid dienone is 2. The molecule has 2 aliphatic rings. The fraction of sp³-hybridized carbons (Fsp3) is 0.259. The van der Waals surface area contributed by atoms with E-state index in [1.54, 1.807) is 12.1 Å². The smallest absolute Gasteiger partial charge is 0.269 e. The molecule has 1 aliphatic carbocycles. The molecule has 0 saturated carbocycles. The van der Waals surface area contributed by atoms with Crippen LogP contribution in [0.3, 0.4) is 0 Å². The third kappa shape index (κ3) is 4.33. The number of rotatable bonds is 7. The molecule has 3 aromatic rings. The summed E-state index contributed by atoms with van der Waals surface area (Å²) in [7, 11) is 0. The van der Waals surface area contributed by atoms with Crippen molar-refractivity contribution in [3.8, 4) is 11.5 Å². The van der Waals surface area contributed by atoms with Crippen LogP contribution in [0, 0.1) is 16.0 Å². The third-order valence-corrected chi connectivity index (χ3v) is 6.74. The molecular weight excluding hydrogens is 452 g/mol. The van der Waals surface area contributed by atoms with Crippen LogP contribution in [0.25, 0.3) is 0 Å². The van der Waals surface area contributed by atoms with Crippen LogP contribution in [0.2, 0.25) is 5.02 Å². The average molecular weight is 477 g/mol. The Morgan fingerprint density at radius 3 is 2.65 bits per heavy atom. The van der Waals surface area contributed by atoms with Gasteiger partial charge in [-0.2, -0.15) is 0 Å². The Hall–Kier alpha value is -3.51. The van der Waals surface area contributed by atoms with E-state index in [1.807, 2.05) is 49.4 Å². The molecular formula is C27H25ClN2O4. The molecule has 3 atom stereocenters. The van der Waals surface area contributed by atoms with Gasteiger partial charge >= 0.3 is 0 Å². The molecule has 7 heteroatoms. The normalized spacial score (nSPS) is 20.2. The summed E-state index contributed by atoms with van der Waals surface area (Å²) < 4.78 is 12.0. The molecule has 0 fully saturated rings. The SMILES string of the molecule is CCOc1cc([C@@H]2Nc3ccc([N+](=O)[O-])cc3[C@@H]3C=CC[C@@H]32)ccc1OCc1ccc(Cl)cc1. The van der Waals surface area contributed by atoms with Gasteiger partial charge in [0.1, 0.15) is 6.61 Å². The highest BCUT2D eigenvalue weighted by Gasteiger charge is 2.38. The summed E-state index contributed by atoms with van der Waals surface area (Å²) in [5.41, 5.74) is 4.17. The van der Waals surface area contributed by atoms with Crippen molar-refractivity contribution >= 4 is 23.0 Å². The van der Waals surface area contributed by atoms with Crippen LogP contribution in [0.1, 0.15) is 42.0 Å². The lowest BCUT2D eigenvalue weighted by molar-refractivity contribution is -0.384. The Morgan fingerprint density at radius 1 is 1.06 bits per heavy atom. The Kier molecular flexibility index (Phi) is 6.16. The summed E-state index contributed by atoms with van der Waals surface area (Å²) in [6.07, 6.45) is 5.25. The summed E-state index contributed by atoms with van der Waals surface area (Å²) in [5, 5.41) is 15.6. The topological polar surface area (TPSA) is 73.6 Å². The van der Waals surface area contributed by atoms with Gasteiger partial charge in [0.05, 0.1) is 17.6 Å². The molecule has 1 heterocycles. The van der Waals surface area contributed by atoms with Gasteiger partial charge in [-0.05, 0) is 66.3 Å². The second-order valence-corrected chi connectivity index (χ2v) is 8.99.